The molecule has 1 unspecified atom stereocenters. The van der Waals surface area contributed by atoms with Gasteiger partial charge in [-0.3, -0.25) is 4.79 Å². The van der Waals surface area contributed by atoms with E-state index in [1.807, 2.05) is 25.1 Å². The van der Waals surface area contributed by atoms with E-state index >= 15 is 0 Å². The molecule has 1 N–H and O–H groups in total. The number of hydrogen-bond acceptors (Lipinski definition) is 5. The van der Waals surface area contributed by atoms with Gasteiger partial charge < -0.3 is 10.1 Å². The molecule has 6 nitrogen and oxygen atoms in total. The fourth-order valence-electron chi connectivity index (χ4n) is 2.76. The van der Waals surface area contributed by atoms with Crippen LogP contribution in [0.2, 0.25) is 5.02 Å². The van der Waals surface area contributed by atoms with E-state index < -0.39 is 15.9 Å². The third-order valence-corrected chi connectivity index (χ3v) is 7.47. The fourth-order valence-corrected chi connectivity index (χ4v) is 5.77. The zero-order valence-corrected chi connectivity index (χ0v) is 16.5. The van der Waals surface area contributed by atoms with Crippen molar-refractivity contribution in [2.75, 3.05) is 26.3 Å². The average Bonchev–Trinajstić information content (AvgIpc) is 3.13. The smallest absolute Gasteiger partial charge is 0.263 e. The Morgan fingerprint density at radius 3 is 2.65 bits per heavy atom. The van der Waals surface area contributed by atoms with Crippen molar-refractivity contribution in [3.8, 4) is 0 Å². The lowest BCUT2D eigenvalue weighted by Crippen LogP contribution is -2.41. The van der Waals surface area contributed by atoms with Crippen molar-refractivity contribution < 1.29 is 17.9 Å². The third-order valence-electron chi connectivity index (χ3n) is 4.14. The highest BCUT2D eigenvalue weighted by atomic mass is 35.5. The second kappa shape index (κ2) is 8.06. The number of morpholine rings is 1. The summed E-state index contributed by atoms with van der Waals surface area (Å²) in [5.74, 6) is -0.431. The van der Waals surface area contributed by atoms with Crippen LogP contribution in [0, 0.1) is 0 Å². The highest BCUT2D eigenvalue weighted by Gasteiger charge is 2.31. The zero-order valence-electron chi connectivity index (χ0n) is 14.1. The van der Waals surface area contributed by atoms with E-state index in [1.54, 1.807) is 11.4 Å². The minimum Gasteiger partial charge on any atom is -0.379 e. The van der Waals surface area contributed by atoms with Gasteiger partial charge in [-0.25, -0.2) is 8.42 Å². The monoisotopic (exact) mass is 414 g/mol. The van der Waals surface area contributed by atoms with Crippen LogP contribution in [-0.4, -0.2) is 44.9 Å². The Labute approximate surface area is 161 Å². The van der Waals surface area contributed by atoms with E-state index in [-0.39, 0.29) is 28.9 Å². The van der Waals surface area contributed by atoms with Crippen molar-refractivity contribution in [1.29, 1.82) is 0 Å². The van der Waals surface area contributed by atoms with Gasteiger partial charge in [0.25, 0.3) is 5.91 Å². The minimum absolute atomic E-state index is 0.0354. The van der Waals surface area contributed by atoms with E-state index in [4.69, 9.17) is 16.3 Å². The molecule has 3 rings (SSSR count). The lowest BCUT2D eigenvalue weighted by atomic mass is 10.1. The summed E-state index contributed by atoms with van der Waals surface area (Å²) in [5, 5.41) is 5.00. The summed E-state index contributed by atoms with van der Waals surface area (Å²) in [5.41, 5.74) is 0.775. The van der Waals surface area contributed by atoms with E-state index in [2.05, 4.69) is 5.32 Å². The number of rotatable bonds is 5. The number of amides is 1. The second-order valence-corrected chi connectivity index (χ2v) is 9.08. The van der Waals surface area contributed by atoms with Gasteiger partial charge in [-0.1, -0.05) is 29.8 Å². The quantitative estimate of drug-likeness (QED) is 0.816. The summed E-state index contributed by atoms with van der Waals surface area (Å²) in [6.45, 7) is 3.09. The first-order valence-electron chi connectivity index (χ1n) is 8.12. The number of benzene rings is 1. The Balaban J connectivity index is 1.81. The van der Waals surface area contributed by atoms with Crippen LogP contribution < -0.4 is 5.32 Å². The van der Waals surface area contributed by atoms with E-state index in [1.165, 1.54) is 10.4 Å². The van der Waals surface area contributed by atoms with Crippen LogP contribution in [0.15, 0.2) is 40.6 Å². The van der Waals surface area contributed by atoms with Gasteiger partial charge in [-0.2, -0.15) is 4.31 Å². The summed E-state index contributed by atoms with van der Waals surface area (Å²) in [6, 6.07) is 8.35. The number of nitrogens with one attached hydrogen (secondary N) is 1. The number of thiophene rings is 1. The number of carbonyl (C=O) groups is 1. The van der Waals surface area contributed by atoms with Crippen molar-refractivity contribution in [2.45, 2.75) is 17.9 Å². The van der Waals surface area contributed by atoms with Crippen molar-refractivity contribution in [1.82, 2.24) is 9.62 Å². The number of hydrogen-bond donors (Lipinski definition) is 1. The first-order valence-corrected chi connectivity index (χ1v) is 10.8. The first-order chi connectivity index (χ1) is 12.4. The van der Waals surface area contributed by atoms with Crippen LogP contribution in [0.4, 0.5) is 0 Å². The van der Waals surface area contributed by atoms with Gasteiger partial charge in [0.15, 0.2) is 0 Å². The molecule has 0 radical (unpaired) electrons. The number of halogens is 1. The molecule has 0 bridgehead atoms. The Kier molecular flexibility index (Phi) is 5.99. The van der Waals surface area contributed by atoms with Crippen LogP contribution >= 0.6 is 22.9 Å². The molecule has 2 heterocycles. The van der Waals surface area contributed by atoms with E-state index in [0.717, 1.165) is 16.9 Å². The maximum Gasteiger partial charge on any atom is 0.263 e. The Hall–Kier alpha value is -1.45. The normalized spacial score (nSPS) is 17.0. The molecule has 1 aromatic carbocycles. The lowest BCUT2D eigenvalue weighted by Gasteiger charge is -2.26. The van der Waals surface area contributed by atoms with Gasteiger partial charge in [-0.15, -0.1) is 11.3 Å². The number of carbonyl (C=O) groups excluding carboxylic acids is 1. The molecule has 1 amide bonds. The molecular weight excluding hydrogens is 396 g/mol. The molecule has 1 aliphatic heterocycles. The highest BCUT2D eigenvalue weighted by Crippen LogP contribution is 2.28. The van der Waals surface area contributed by atoms with Gasteiger partial charge in [0.1, 0.15) is 9.77 Å². The molecule has 0 aliphatic carbocycles. The van der Waals surface area contributed by atoms with Gasteiger partial charge in [0.05, 0.1) is 19.3 Å². The molecular formula is C17H19ClN2O4S2. The van der Waals surface area contributed by atoms with Crippen LogP contribution in [0.5, 0.6) is 0 Å². The summed E-state index contributed by atoms with van der Waals surface area (Å²) in [6.07, 6.45) is 0. The standard InChI is InChI=1S/C17H19ClN2O4S2/c1-12(13-4-2-3-5-14(13)18)19-17(21)16-15(6-11-25-16)26(22,23)20-7-9-24-10-8-20/h2-6,11-12H,7-10H2,1H3,(H,19,21). The fraction of sp³-hybridized carbons (Fsp3) is 0.353. The SMILES string of the molecule is CC(NC(=O)c1sccc1S(=O)(=O)N1CCOCC1)c1ccccc1Cl. The molecule has 9 heteroatoms. The van der Waals surface area contributed by atoms with Gasteiger partial charge in [0.2, 0.25) is 10.0 Å². The zero-order chi connectivity index (χ0) is 18.7. The van der Waals surface area contributed by atoms with Crippen LogP contribution in [-0.2, 0) is 14.8 Å². The molecule has 2 aromatic rings. The van der Waals surface area contributed by atoms with Gasteiger partial charge in [-0.05, 0) is 30.0 Å². The van der Waals surface area contributed by atoms with Crippen molar-refractivity contribution in [3.63, 3.8) is 0 Å². The molecule has 1 saturated heterocycles. The van der Waals surface area contributed by atoms with Crippen molar-refractivity contribution in [2.24, 2.45) is 0 Å². The van der Waals surface area contributed by atoms with E-state index in [9.17, 15) is 13.2 Å². The van der Waals surface area contributed by atoms with Gasteiger partial charge in [0, 0.05) is 18.1 Å². The topological polar surface area (TPSA) is 75.7 Å². The molecule has 140 valence electrons. The molecule has 1 aliphatic rings. The summed E-state index contributed by atoms with van der Waals surface area (Å²) < 4.78 is 32.3. The van der Waals surface area contributed by atoms with Crippen molar-refractivity contribution in [3.05, 3.63) is 51.2 Å². The second-order valence-electron chi connectivity index (χ2n) is 5.85. The number of nitrogens with zero attached hydrogens (tertiary/aromatic N) is 1. The van der Waals surface area contributed by atoms with Crippen LogP contribution in [0.1, 0.15) is 28.2 Å². The Morgan fingerprint density at radius 1 is 1.27 bits per heavy atom. The maximum atomic E-state index is 12.9. The lowest BCUT2D eigenvalue weighted by molar-refractivity contribution is 0.0730. The predicted molar refractivity (Wildman–Crippen MR) is 101 cm³/mol. The van der Waals surface area contributed by atoms with E-state index in [0.29, 0.717) is 18.2 Å². The Morgan fingerprint density at radius 2 is 1.96 bits per heavy atom. The minimum atomic E-state index is -3.73. The van der Waals surface area contributed by atoms with Gasteiger partial charge >= 0.3 is 0 Å². The average molecular weight is 415 g/mol. The summed E-state index contributed by atoms with van der Waals surface area (Å²) >= 11 is 7.28. The molecule has 0 spiro atoms. The van der Waals surface area contributed by atoms with Crippen LogP contribution in [0.3, 0.4) is 0 Å². The number of ether oxygens (including phenoxy) is 1. The summed E-state index contributed by atoms with van der Waals surface area (Å²) in [4.78, 5) is 12.9. The molecule has 26 heavy (non-hydrogen) atoms. The molecule has 1 aromatic heterocycles. The maximum absolute atomic E-state index is 12.9. The van der Waals surface area contributed by atoms with Crippen molar-refractivity contribution >= 4 is 38.9 Å². The number of sulfonamides is 1. The summed E-state index contributed by atoms with van der Waals surface area (Å²) in [7, 11) is -3.73. The Bertz CT molecular complexity index is 892. The first kappa shape index (κ1) is 19.3. The molecule has 1 fully saturated rings. The largest absolute Gasteiger partial charge is 0.379 e. The molecule has 0 saturated carbocycles. The predicted octanol–water partition coefficient (Wildman–Crippen LogP) is 2.91. The van der Waals surface area contributed by atoms with Crippen LogP contribution in [0.25, 0.3) is 0 Å². The highest BCUT2D eigenvalue weighted by molar-refractivity contribution is 7.89. The third kappa shape index (κ3) is 3.94. The molecule has 1 atom stereocenters.